The standard InChI is InChI=1S/C30H27N3O6S.CH2O/c1-19-15-20(3-13-27(19)34)4-14-30(35)33(2)26-17-29-28(38-18-39-29)16-25(26)32-22-7-11-24(12-8-22)40(36,37)23-9-5-21(31)6-10-23;1-2/h3-17,32,34H,18,31H2,1-2H3;1H2/b14-4+;. The topological polar surface area (TPSA) is 148 Å². The van der Waals surface area contributed by atoms with Gasteiger partial charge in [-0.15, -0.1) is 0 Å². The Kier molecular flexibility index (Phi) is 8.82. The summed E-state index contributed by atoms with van der Waals surface area (Å²) in [5, 5.41) is 13.0. The number of sulfone groups is 1. The summed E-state index contributed by atoms with van der Waals surface area (Å²) in [7, 11) is -2.08. The maximum atomic E-state index is 13.1. The molecule has 4 N–H and O–H groups in total. The van der Waals surface area contributed by atoms with Crippen LogP contribution in [0.4, 0.5) is 22.7 Å². The third kappa shape index (κ3) is 6.37. The summed E-state index contributed by atoms with van der Waals surface area (Å²) in [4.78, 5) is 22.8. The second-order valence-electron chi connectivity index (χ2n) is 9.22. The van der Waals surface area contributed by atoms with Crippen molar-refractivity contribution in [2.24, 2.45) is 0 Å². The molecule has 0 atom stereocenters. The van der Waals surface area contributed by atoms with Crippen molar-refractivity contribution in [3.8, 4) is 17.2 Å². The van der Waals surface area contributed by atoms with Gasteiger partial charge in [0.25, 0.3) is 5.91 Å². The van der Waals surface area contributed by atoms with E-state index in [0.29, 0.717) is 39.8 Å². The number of likely N-dealkylation sites (N-methyl/N-ethyl adjacent to an activating group) is 1. The van der Waals surface area contributed by atoms with Gasteiger partial charge in [-0.1, -0.05) is 6.07 Å². The number of benzene rings is 4. The molecule has 11 heteroatoms. The van der Waals surface area contributed by atoms with Gasteiger partial charge in [-0.3, -0.25) is 4.79 Å². The Labute approximate surface area is 243 Å². The van der Waals surface area contributed by atoms with Crippen LogP contribution in [0.2, 0.25) is 0 Å². The molecule has 0 saturated carbocycles. The Hall–Kier alpha value is -5.29. The summed E-state index contributed by atoms with van der Waals surface area (Å²) in [6.07, 6.45) is 3.11. The zero-order chi connectivity index (χ0) is 30.4. The fourth-order valence-corrected chi connectivity index (χ4v) is 5.41. The van der Waals surface area contributed by atoms with Crippen LogP contribution in [0.25, 0.3) is 6.08 Å². The smallest absolute Gasteiger partial charge is 0.250 e. The van der Waals surface area contributed by atoms with Gasteiger partial charge in [0.15, 0.2) is 11.5 Å². The molecule has 4 aromatic carbocycles. The third-order valence-corrected chi connectivity index (χ3v) is 8.24. The molecule has 0 unspecified atom stereocenters. The first-order chi connectivity index (χ1) is 20.1. The van der Waals surface area contributed by atoms with Gasteiger partial charge < -0.3 is 35.3 Å². The Bertz CT molecular complexity index is 1740. The minimum absolute atomic E-state index is 0.0632. The second-order valence-corrected chi connectivity index (χ2v) is 11.2. The summed E-state index contributed by atoms with van der Waals surface area (Å²) in [6, 6.07) is 20.9. The van der Waals surface area contributed by atoms with E-state index in [0.717, 1.165) is 5.56 Å². The van der Waals surface area contributed by atoms with E-state index in [2.05, 4.69) is 5.32 Å². The minimum atomic E-state index is -3.71. The first-order valence-electron chi connectivity index (χ1n) is 12.6. The molecule has 1 heterocycles. The van der Waals surface area contributed by atoms with Crippen LogP contribution in [0.5, 0.6) is 17.2 Å². The number of rotatable bonds is 7. The highest BCUT2D eigenvalue weighted by Crippen LogP contribution is 2.42. The molecular weight excluding hydrogens is 558 g/mol. The van der Waals surface area contributed by atoms with Gasteiger partial charge >= 0.3 is 0 Å². The van der Waals surface area contributed by atoms with E-state index >= 15 is 0 Å². The fourth-order valence-electron chi connectivity index (χ4n) is 4.15. The number of phenolic OH excluding ortho intramolecular Hbond substituents is 1. The number of nitrogens with zero attached hydrogens (tertiary/aromatic N) is 1. The number of phenols is 1. The largest absolute Gasteiger partial charge is 0.508 e. The van der Waals surface area contributed by atoms with E-state index in [-0.39, 0.29) is 28.2 Å². The van der Waals surface area contributed by atoms with E-state index in [1.54, 1.807) is 74.6 Å². The summed E-state index contributed by atoms with van der Waals surface area (Å²) in [5.41, 5.74) is 9.33. The van der Waals surface area contributed by atoms with Gasteiger partial charge in [0.1, 0.15) is 12.5 Å². The number of hydrogen-bond acceptors (Lipinski definition) is 9. The monoisotopic (exact) mass is 587 g/mol. The number of aromatic hydroxyl groups is 1. The first-order valence-corrected chi connectivity index (χ1v) is 14.1. The molecular formula is C31H29N3O7S. The number of fused-ring (bicyclic) bond motifs is 1. The lowest BCUT2D eigenvalue weighted by Gasteiger charge is -2.21. The number of ether oxygens (including phenoxy) is 2. The number of amides is 1. The molecule has 5 rings (SSSR count). The molecule has 42 heavy (non-hydrogen) atoms. The summed E-state index contributed by atoms with van der Waals surface area (Å²) >= 11 is 0. The molecule has 216 valence electrons. The first kappa shape index (κ1) is 29.7. The van der Waals surface area contributed by atoms with Crippen LogP contribution in [0.15, 0.2) is 94.7 Å². The maximum Gasteiger partial charge on any atom is 0.250 e. The van der Waals surface area contributed by atoms with Crippen molar-refractivity contribution in [1.29, 1.82) is 0 Å². The Balaban J connectivity index is 0.00000198. The molecule has 0 aromatic heterocycles. The Morgan fingerprint density at radius 1 is 0.952 bits per heavy atom. The third-order valence-electron chi connectivity index (χ3n) is 6.46. The lowest BCUT2D eigenvalue weighted by molar-refractivity contribution is -0.113. The summed E-state index contributed by atoms with van der Waals surface area (Å²) < 4.78 is 37.1. The number of hydrogen-bond donors (Lipinski definition) is 3. The number of carbonyl (C=O) groups is 2. The number of nitrogens with two attached hydrogens (primary N) is 1. The van der Waals surface area contributed by atoms with Crippen molar-refractivity contribution < 1.29 is 32.6 Å². The van der Waals surface area contributed by atoms with Gasteiger partial charge in [-0.05, 0) is 84.8 Å². The number of nitrogens with one attached hydrogen (secondary N) is 1. The Morgan fingerprint density at radius 3 is 2.17 bits per heavy atom. The zero-order valence-electron chi connectivity index (χ0n) is 22.9. The lowest BCUT2D eigenvalue weighted by Crippen LogP contribution is -2.24. The van der Waals surface area contributed by atoms with Crippen molar-refractivity contribution in [1.82, 2.24) is 0 Å². The molecule has 1 amide bonds. The predicted octanol–water partition coefficient (Wildman–Crippen LogP) is 5.08. The molecule has 0 fully saturated rings. The molecule has 4 aromatic rings. The van der Waals surface area contributed by atoms with E-state index < -0.39 is 9.84 Å². The number of anilines is 4. The van der Waals surface area contributed by atoms with Gasteiger partial charge in [0.05, 0.1) is 21.2 Å². The van der Waals surface area contributed by atoms with Gasteiger partial charge in [0.2, 0.25) is 16.6 Å². The number of carbonyl (C=O) groups excluding carboxylic acids is 2. The maximum absolute atomic E-state index is 13.1. The van der Waals surface area contributed by atoms with Crippen molar-refractivity contribution in [3.05, 3.63) is 96.1 Å². The van der Waals surface area contributed by atoms with Crippen LogP contribution < -0.4 is 25.4 Å². The van der Waals surface area contributed by atoms with Crippen LogP contribution in [-0.4, -0.2) is 40.1 Å². The van der Waals surface area contributed by atoms with Crippen LogP contribution in [0.3, 0.4) is 0 Å². The Morgan fingerprint density at radius 2 is 1.55 bits per heavy atom. The SMILES string of the molecule is C=O.Cc1cc(/C=C/C(=O)N(C)c2cc3c(cc2Nc2ccc(S(=O)(=O)c4ccc(N)cc4)cc2)OCO3)ccc1O. The van der Waals surface area contributed by atoms with Crippen molar-refractivity contribution >= 4 is 51.4 Å². The predicted molar refractivity (Wildman–Crippen MR) is 161 cm³/mol. The van der Waals surface area contributed by atoms with Crippen LogP contribution in [0, 0.1) is 6.92 Å². The van der Waals surface area contributed by atoms with Crippen LogP contribution in [0.1, 0.15) is 11.1 Å². The molecule has 0 bridgehead atoms. The van der Waals surface area contributed by atoms with Crippen molar-refractivity contribution in [3.63, 3.8) is 0 Å². The average molecular weight is 588 g/mol. The average Bonchev–Trinajstić information content (AvgIpc) is 3.46. The molecule has 0 spiro atoms. The molecule has 0 saturated heterocycles. The molecule has 0 radical (unpaired) electrons. The van der Waals surface area contributed by atoms with Gasteiger partial charge in [-0.2, -0.15) is 0 Å². The quantitative estimate of drug-likeness (QED) is 0.199. The minimum Gasteiger partial charge on any atom is -0.508 e. The van der Waals surface area contributed by atoms with E-state index in [1.165, 1.54) is 35.2 Å². The van der Waals surface area contributed by atoms with E-state index in [1.807, 2.05) is 6.79 Å². The van der Waals surface area contributed by atoms with Gasteiger partial charge in [0, 0.05) is 36.6 Å². The molecule has 1 aliphatic rings. The highest BCUT2D eigenvalue weighted by atomic mass is 32.2. The fraction of sp³-hybridized carbons (Fsp3) is 0.0968. The van der Waals surface area contributed by atoms with Crippen molar-refractivity contribution in [2.75, 3.05) is 29.8 Å². The summed E-state index contributed by atoms with van der Waals surface area (Å²) in [5.74, 6) is 0.915. The van der Waals surface area contributed by atoms with E-state index in [4.69, 9.17) is 20.0 Å². The molecule has 1 aliphatic heterocycles. The van der Waals surface area contributed by atoms with Crippen molar-refractivity contribution in [2.45, 2.75) is 16.7 Å². The number of nitrogen functional groups attached to an aromatic ring is 1. The molecule has 0 aliphatic carbocycles. The highest BCUT2D eigenvalue weighted by molar-refractivity contribution is 7.91. The van der Waals surface area contributed by atoms with Crippen LogP contribution in [-0.2, 0) is 19.4 Å². The normalized spacial score (nSPS) is 12.0. The highest BCUT2D eigenvalue weighted by Gasteiger charge is 2.22. The second kappa shape index (κ2) is 12.5. The van der Waals surface area contributed by atoms with E-state index in [9.17, 15) is 18.3 Å². The molecule has 10 nitrogen and oxygen atoms in total. The zero-order valence-corrected chi connectivity index (χ0v) is 23.7. The summed E-state index contributed by atoms with van der Waals surface area (Å²) in [6.45, 7) is 3.85. The van der Waals surface area contributed by atoms with Gasteiger partial charge in [-0.25, -0.2) is 8.42 Å². The lowest BCUT2D eigenvalue weighted by atomic mass is 10.1. The number of aryl methyl sites for hydroxylation is 1. The van der Waals surface area contributed by atoms with Crippen LogP contribution >= 0.6 is 0 Å².